The fourth-order valence-electron chi connectivity index (χ4n) is 5.74. The van der Waals surface area contributed by atoms with Crippen LogP contribution in [-0.4, -0.2) is 61.9 Å². The molecule has 2 bridgehead atoms. The monoisotopic (exact) mass is 336 g/mol. The summed E-state index contributed by atoms with van der Waals surface area (Å²) in [6.45, 7) is 3.59. The molecule has 4 fully saturated rings. The molecule has 4 aliphatic rings. The van der Waals surface area contributed by atoms with Gasteiger partial charge in [-0.15, -0.1) is 0 Å². The summed E-state index contributed by atoms with van der Waals surface area (Å²) >= 11 is 0. The van der Waals surface area contributed by atoms with Crippen LogP contribution in [0.3, 0.4) is 0 Å². The van der Waals surface area contributed by atoms with Gasteiger partial charge in [-0.25, -0.2) is 0 Å². The van der Waals surface area contributed by atoms with Crippen molar-refractivity contribution in [1.82, 2.24) is 10.2 Å². The van der Waals surface area contributed by atoms with Crippen molar-refractivity contribution < 1.29 is 14.3 Å². The number of fused-ring (bicyclic) bond motifs is 1. The average molecular weight is 336 g/mol. The van der Waals surface area contributed by atoms with Crippen molar-refractivity contribution in [1.29, 1.82) is 0 Å². The van der Waals surface area contributed by atoms with E-state index in [4.69, 9.17) is 9.47 Å². The van der Waals surface area contributed by atoms with Crippen LogP contribution in [0.5, 0.6) is 0 Å². The lowest BCUT2D eigenvalue weighted by Gasteiger charge is -2.32. The fraction of sp³-hybridized carbons (Fsp3) is 0.947. The van der Waals surface area contributed by atoms with Crippen LogP contribution in [0.2, 0.25) is 0 Å². The van der Waals surface area contributed by atoms with E-state index < -0.39 is 0 Å². The van der Waals surface area contributed by atoms with Crippen molar-refractivity contribution in [2.24, 2.45) is 11.8 Å². The summed E-state index contributed by atoms with van der Waals surface area (Å²) in [6, 6.07) is 0.776. The van der Waals surface area contributed by atoms with E-state index in [0.717, 1.165) is 19.1 Å². The molecular weight excluding hydrogens is 304 g/mol. The number of rotatable bonds is 6. The van der Waals surface area contributed by atoms with Gasteiger partial charge >= 0.3 is 0 Å². The molecular formula is C19H32N2O3. The highest BCUT2D eigenvalue weighted by molar-refractivity contribution is 5.75. The Bertz CT molecular complexity index is 466. The van der Waals surface area contributed by atoms with Crippen LogP contribution >= 0.6 is 0 Å². The highest BCUT2D eigenvalue weighted by Gasteiger charge is 2.63. The summed E-state index contributed by atoms with van der Waals surface area (Å²) in [4.78, 5) is 14.7. The van der Waals surface area contributed by atoms with Gasteiger partial charge in [0.2, 0.25) is 5.91 Å². The Labute approximate surface area is 145 Å². The maximum Gasteiger partial charge on any atom is 0.222 e. The Morgan fingerprint density at radius 3 is 2.92 bits per heavy atom. The van der Waals surface area contributed by atoms with Crippen molar-refractivity contribution in [3.8, 4) is 0 Å². The zero-order valence-corrected chi connectivity index (χ0v) is 15.0. The summed E-state index contributed by atoms with van der Waals surface area (Å²) in [5.41, 5.74) is 0.101. The van der Waals surface area contributed by atoms with Crippen LogP contribution in [0.1, 0.15) is 51.4 Å². The lowest BCUT2D eigenvalue weighted by molar-refractivity contribution is -0.122. The minimum absolute atomic E-state index is 0.101. The molecule has 5 heteroatoms. The summed E-state index contributed by atoms with van der Waals surface area (Å²) < 4.78 is 11.5. The van der Waals surface area contributed by atoms with Crippen molar-refractivity contribution in [3.05, 3.63) is 0 Å². The third kappa shape index (κ3) is 2.99. The molecule has 1 amide bonds. The van der Waals surface area contributed by atoms with Gasteiger partial charge in [0.1, 0.15) is 0 Å². The number of likely N-dealkylation sites (tertiary alicyclic amines) is 1. The first-order valence-electron chi connectivity index (χ1n) is 9.89. The average Bonchev–Trinajstić information content (AvgIpc) is 3.27. The number of carbonyl (C=O) groups is 1. The molecule has 0 aromatic carbocycles. The van der Waals surface area contributed by atoms with Crippen LogP contribution in [0.15, 0.2) is 0 Å². The molecule has 1 aliphatic carbocycles. The standard InChI is InChI=1S/C19H32N2O3/c1-23-10-8-18(22)20-11-15-16-12-21(14-5-3-2-4-6-14)13-19(16)9-7-17(15)24-19/h14-17H,2-13H2,1H3,(H,20,22)/t15-,16+,17+,19+/m0/s1. The van der Waals surface area contributed by atoms with Crippen LogP contribution < -0.4 is 5.32 Å². The molecule has 1 spiro atoms. The van der Waals surface area contributed by atoms with E-state index >= 15 is 0 Å². The first kappa shape index (κ1) is 16.8. The Morgan fingerprint density at radius 2 is 2.12 bits per heavy atom. The Hall–Kier alpha value is -0.650. The van der Waals surface area contributed by atoms with Crippen molar-refractivity contribution in [2.75, 3.05) is 33.4 Å². The van der Waals surface area contributed by atoms with Crippen molar-refractivity contribution in [2.45, 2.75) is 69.1 Å². The molecule has 1 N–H and O–H groups in total. The molecule has 1 saturated carbocycles. The Kier molecular flexibility index (Phi) is 4.85. The van der Waals surface area contributed by atoms with Gasteiger partial charge in [-0.3, -0.25) is 9.69 Å². The van der Waals surface area contributed by atoms with Gasteiger partial charge in [-0.1, -0.05) is 19.3 Å². The predicted octanol–water partition coefficient (Wildman–Crippen LogP) is 1.95. The number of nitrogens with one attached hydrogen (secondary N) is 1. The second kappa shape index (κ2) is 6.93. The van der Waals surface area contributed by atoms with Gasteiger partial charge < -0.3 is 14.8 Å². The number of nitrogens with zero attached hydrogens (tertiary/aromatic N) is 1. The molecule has 3 heterocycles. The third-order valence-corrected chi connectivity index (χ3v) is 6.97. The van der Waals surface area contributed by atoms with Gasteiger partial charge in [0.15, 0.2) is 0 Å². The first-order chi connectivity index (χ1) is 11.7. The SMILES string of the molecule is COCCC(=O)NC[C@H]1[C@H]2CN(C3CCCCC3)C[C@]23CC[C@H]1O3. The maximum absolute atomic E-state index is 11.9. The molecule has 24 heavy (non-hydrogen) atoms. The molecule has 3 aliphatic heterocycles. The topological polar surface area (TPSA) is 50.8 Å². The van der Waals surface area contributed by atoms with Crippen LogP contribution in [0, 0.1) is 11.8 Å². The van der Waals surface area contributed by atoms with Gasteiger partial charge in [-0.05, 0) is 25.7 Å². The number of hydrogen-bond donors (Lipinski definition) is 1. The maximum atomic E-state index is 11.9. The van der Waals surface area contributed by atoms with E-state index in [1.54, 1.807) is 7.11 Å². The highest BCUT2D eigenvalue weighted by atomic mass is 16.5. The predicted molar refractivity (Wildman–Crippen MR) is 91.8 cm³/mol. The van der Waals surface area contributed by atoms with Crippen molar-refractivity contribution >= 4 is 5.91 Å². The van der Waals surface area contributed by atoms with Gasteiger partial charge in [0.05, 0.1) is 18.3 Å². The van der Waals surface area contributed by atoms with Gasteiger partial charge in [0, 0.05) is 51.0 Å². The second-order valence-electron chi connectivity index (χ2n) is 8.30. The largest absolute Gasteiger partial charge is 0.384 e. The fourth-order valence-corrected chi connectivity index (χ4v) is 5.74. The van der Waals surface area contributed by atoms with Crippen molar-refractivity contribution in [3.63, 3.8) is 0 Å². The normalized spacial score (nSPS) is 39.3. The molecule has 0 aromatic rings. The minimum Gasteiger partial charge on any atom is -0.384 e. The number of carbonyl (C=O) groups excluding carboxylic acids is 1. The smallest absolute Gasteiger partial charge is 0.222 e. The van der Waals surface area contributed by atoms with E-state index in [2.05, 4.69) is 10.2 Å². The Balaban J connectivity index is 1.36. The summed E-state index contributed by atoms with van der Waals surface area (Å²) in [5.74, 6) is 1.22. The molecule has 3 saturated heterocycles. The van der Waals surface area contributed by atoms with E-state index in [1.165, 1.54) is 51.5 Å². The third-order valence-electron chi connectivity index (χ3n) is 6.97. The van der Waals surface area contributed by atoms with Crippen LogP contribution in [0.4, 0.5) is 0 Å². The zero-order valence-electron chi connectivity index (χ0n) is 15.0. The highest BCUT2D eigenvalue weighted by Crippen LogP contribution is 2.55. The quantitative estimate of drug-likeness (QED) is 0.805. The molecule has 4 atom stereocenters. The molecule has 5 nitrogen and oxygen atoms in total. The zero-order chi connectivity index (χ0) is 16.6. The van der Waals surface area contributed by atoms with E-state index in [0.29, 0.717) is 31.0 Å². The number of amides is 1. The Morgan fingerprint density at radius 1 is 1.29 bits per heavy atom. The van der Waals surface area contributed by atoms with Gasteiger partial charge in [0.25, 0.3) is 0 Å². The summed E-state index contributed by atoms with van der Waals surface area (Å²) in [6.07, 6.45) is 10.1. The molecule has 0 aromatic heterocycles. The number of ether oxygens (including phenoxy) is 2. The summed E-state index contributed by atoms with van der Waals surface area (Å²) in [7, 11) is 1.64. The number of hydrogen-bond acceptors (Lipinski definition) is 4. The molecule has 0 unspecified atom stereocenters. The second-order valence-corrected chi connectivity index (χ2v) is 8.30. The first-order valence-corrected chi connectivity index (χ1v) is 9.89. The summed E-state index contributed by atoms with van der Waals surface area (Å²) in [5, 5.41) is 3.13. The lowest BCUT2D eigenvalue weighted by atomic mass is 9.73. The van der Waals surface area contributed by atoms with E-state index in [1.807, 2.05) is 0 Å². The van der Waals surface area contributed by atoms with E-state index in [9.17, 15) is 4.79 Å². The number of methoxy groups -OCH3 is 1. The van der Waals surface area contributed by atoms with Crippen LogP contribution in [-0.2, 0) is 14.3 Å². The van der Waals surface area contributed by atoms with Gasteiger partial charge in [-0.2, -0.15) is 0 Å². The molecule has 136 valence electrons. The molecule has 4 rings (SSSR count). The van der Waals surface area contributed by atoms with E-state index in [-0.39, 0.29) is 11.5 Å². The minimum atomic E-state index is 0.101. The lowest BCUT2D eigenvalue weighted by Crippen LogP contribution is -2.42. The van der Waals surface area contributed by atoms with Crippen LogP contribution in [0.25, 0.3) is 0 Å². The molecule has 0 radical (unpaired) electrons.